The largest absolute Gasteiger partial charge is 0.493 e. The van der Waals surface area contributed by atoms with Crippen LogP contribution in [0.4, 0.5) is 0 Å². The lowest BCUT2D eigenvalue weighted by Crippen LogP contribution is -2.34. The quantitative estimate of drug-likeness (QED) is 0.0741. The Bertz CT molecular complexity index is 1440. The van der Waals surface area contributed by atoms with Crippen molar-refractivity contribution >= 4 is 10.0 Å². The molecule has 0 unspecified atom stereocenters. The topological polar surface area (TPSA) is 50.5 Å². The number of nitrogens with zero attached hydrogens (tertiary/aromatic N) is 2. The smallest absolute Gasteiger partial charge is 0.243 e. The van der Waals surface area contributed by atoms with Gasteiger partial charge in [0, 0.05) is 24.7 Å². The van der Waals surface area contributed by atoms with E-state index >= 15 is 0 Å². The molecule has 3 rings (SSSR count). The van der Waals surface area contributed by atoms with E-state index in [-0.39, 0.29) is 12.0 Å². The van der Waals surface area contributed by atoms with Crippen molar-refractivity contribution in [1.29, 1.82) is 0 Å². The summed E-state index contributed by atoms with van der Waals surface area (Å²) in [4.78, 5) is 0.316. The van der Waals surface area contributed by atoms with Crippen molar-refractivity contribution in [3.05, 3.63) is 89.2 Å². The summed E-state index contributed by atoms with van der Waals surface area (Å²) in [5.41, 5.74) is 3.92. The minimum absolute atomic E-state index is 0.145. The Labute approximate surface area is 294 Å². The van der Waals surface area contributed by atoms with Crippen molar-refractivity contribution in [2.75, 3.05) is 6.61 Å². The highest BCUT2D eigenvalue weighted by atomic mass is 32.2. The second-order valence-electron chi connectivity index (χ2n) is 14.7. The third-order valence-electron chi connectivity index (χ3n) is 9.27. The van der Waals surface area contributed by atoms with Gasteiger partial charge in [-0.25, -0.2) is 13.0 Å². The molecule has 1 heterocycles. The average molecular weight is 678 g/mol. The first-order valence-corrected chi connectivity index (χ1v) is 20.3. The normalized spacial score (nSPS) is 12.1. The van der Waals surface area contributed by atoms with Gasteiger partial charge in [0.1, 0.15) is 12.3 Å². The number of hydrogen-bond acceptors (Lipinski definition) is 3. The van der Waals surface area contributed by atoms with Gasteiger partial charge in [-0.3, -0.25) is 0 Å². The van der Waals surface area contributed by atoms with Crippen LogP contribution in [0, 0.1) is 6.92 Å². The molecule has 0 radical (unpaired) electrons. The zero-order valence-electron chi connectivity index (χ0n) is 31.1. The Balaban J connectivity index is 1.57. The first-order valence-electron chi connectivity index (χ1n) is 18.9. The number of rotatable bonds is 23. The van der Waals surface area contributed by atoms with Gasteiger partial charge in [0.25, 0.3) is 0 Å². The monoisotopic (exact) mass is 677 g/mol. The van der Waals surface area contributed by atoms with Gasteiger partial charge in [-0.15, -0.1) is 0 Å². The molecular formula is C42H65N2O3S+. The molecule has 0 saturated heterocycles. The van der Waals surface area contributed by atoms with E-state index in [1.165, 1.54) is 83.5 Å². The number of benzene rings is 2. The maximum absolute atomic E-state index is 14.0. The van der Waals surface area contributed by atoms with E-state index in [1.54, 1.807) is 16.4 Å². The highest BCUT2D eigenvalue weighted by Crippen LogP contribution is 2.33. The van der Waals surface area contributed by atoms with Gasteiger partial charge >= 0.3 is 0 Å². The van der Waals surface area contributed by atoms with Crippen LogP contribution in [-0.4, -0.2) is 19.3 Å². The minimum Gasteiger partial charge on any atom is -0.493 e. The van der Waals surface area contributed by atoms with Crippen LogP contribution in [0.25, 0.3) is 0 Å². The van der Waals surface area contributed by atoms with Gasteiger partial charge in [0.15, 0.2) is 12.4 Å². The molecule has 0 spiro atoms. The van der Waals surface area contributed by atoms with Crippen molar-refractivity contribution in [3.63, 3.8) is 0 Å². The predicted molar refractivity (Wildman–Crippen MR) is 201 cm³/mol. The summed E-state index contributed by atoms with van der Waals surface area (Å²) in [6.07, 6.45) is 22.8. The van der Waals surface area contributed by atoms with E-state index in [1.807, 2.05) is 55.7 Å². The fraction of sp³-hybridized carbons (Fsp3) is 0.595. The summed E-state index contributed by atoms with van der Waals surface area (Å²) in [5.74, 6) is 0.904. The molecule has 266 valence electrons. The maximum Gasteiger partial charge on any atom is 0.243 e. The number of ether oxygens (including phenoxy) is 1. The van der Waals surface area contributed by atoms with E-state index in [9.17, 15) is 8.42 Å². The molecular weight excluding hydrogens is 613 g/mol. The standard InChI is InChI=1S/C42H65N2O3S/c1-7-9-10-11-12-13-14-15-16-17-18-19-20-21-31-47-41-29-26-37(32-40(41)42(4,5)6)34-44(35-38-23-22-30-43(8-2)33-38)48(45,46)39-27-24-36(3)25-28-39/h22-30,32-33H,7-21,31,34-35H2,1-6H3/q+1. The van der Waals surface area contributed by atoms with Crippen molar-refractivity contribution in [2.45, 2.75) is 161 Å². The lowest BCUT2D eigenvalue weighted by molar-refractivity contribution is -0.694. The van der Waals surface area contributed by atoms with Crippen LogP contribution in [0.5, 0.6) is 5.75 Å². The number of sulfonamides is 1. The molecule has 0 aliphatic heterocycles. The molecule has 6 heteroatoms. The summed E-state index contributed by atoms with van der Waals surface area (Å²) >= 11 is 0. The Morgan fingerprint density at radius 3 is 1.83 bits per heavy atom. The SMILES string of the molecule is CCCCCCCCCCCCCCCCOc1ccc(CN(Cc2ccc[n+](CC)c2)S(=O)(=O)c2ccc(C)cc2)cc1C(C)(C)C. The van der Waals surface area contributed by atoms with E-state index in [0.717, 1.165) is 41.0 Å². The van der Waals surface area contributed by atoms with E-state index in [0.29, 0.717) is 18.0 Å². The molecule has 48 heavy (non-hydrogen) atoms. The van der Waals surface area contributed by atoms with Crippen LogP contribution in [-0.2, 0) is 35.1 Å². The van der Waals surface area contributed by atoms with Crippen molar-refractivity contribution < 1.29 is 17.7 Å². The molecule has 0 fully saturated rings. The van der Waals surface area contributed by atoms with Crippen molar-refractivity contribution in [2.24, 2.45) is 0 Å². The number of aromatic nitrogens is 1. The lowest BCUT2D eigenvalue weighted by atomic mass is 9.85. The Morgan fingerprint density at radius 1 is 0.708 bits per heavy atom. The summed E-state index contributed by atoms with van der Waals surface area (Å²) < 4.78 is 38.1. The van der Waals surface area contributed by atoms with Gasteiger partial charge in [-0.1, -0.05) is 141 Å². The summed E-state index contributed by atoms with van der Waals surface area (Å²) in [7, 11) is -3.74. The Hall–Kier alpha value is -2.70. The molecule has 5 nitrogen and oxygen atoms in total. The molecule has 0 amide bonds. The number of unbranched alkanes of at least 4 members (excludes halogenated alkanes) is 13. The molecule has 3 aromatic rings. The third kappa shape index (κ3) is 13.7. The summed E-state index contributed by atoms with van der Waals surface area (Å²) in [6, 6.07) is 17.4. The maximum atomic E-state index is 14.0. The molecule has 1 aromatic heterocycles. The average Bonchev–Trinajstić information content (AvgIpc) is 3.06. The van der Waals surface area contributed by atoms with Gasteiger partial charge in [-0.2, -0.15) is 4.31 Å². The molecule has 0 aliphatic carbocycles. The first kappa shape index (κ1) is 39.7. The molecule has 0 atom stereocenters. The molecule has 0 bridgehead atoms. The van der Waals surface area contributed by atoms with Crippen LogP contribution < -0.4 is 9.30 Å². The van der Waals surface area contributed by atoms with Crippen molar-refractivity contribution in [3.8, 4) is 5.75 Å². The van der Waals surface area contributed by atoms with Crippen LogP contribution >= 0.6 is 0 Å². The molecule has 0 saturated carbocycles. The highest BCUT2D eigenvalue weighted by Gasteiger charge is 2.27. The van der Waals surface area contributed by atoms with Crippen LogP contribution in [0.15, 0.2) is 71.9 Å². The lowest BCUT2D eigenvalue weighted by Gasteiger charge is -2.26. The van der Waals surface area contributed by atoms with E-state index in [2.05, 4.69) is 45.3 Å². The van der Waals surface area contributed by atoms with Crippen LogP contribution in [0.1, 0.15) is 147 Å². The van der Waals surface area contributed by atoms with Crippen molar-refractivity contribution in [1.82, 2.24) is 4.31 Å². The fourth-order valence-electron chi connectivity index (χ4n) is 6.23. The second-order valence-corrected chi connectivity index (χ2v) is 16.6. The number of aryl methyl sites for hydroxylation is 2. The predicted octanol–water partition coefficient (Wildman–Crippen LogP) is 10.9. The zero-order valence-corrected chi connectivity index (χ0v) is 31.9. The van der Waals surface area contributed by atoms with Gasteiger partial charge in [-0.05, 0) is 61.1 Å². The highest BCUT2D eigenvalue weighted by molar-refractivity contribution is 7.89. The van der Waals surface area contributed by atoms with Crippen LogP contribution in [0.2, 0.25) is 0 Å². The Kier molecular flexibility index (Phi) is 17.2. The van der Waals surface area contributed by atoms with E-state index in [4.69, 9.17) is 4.74 Å². The summed E-state index contributed by atoms with van der Waals surface area (Å²) in [5, 5.41) is 0. The third-order valence-corrected chi connectivity index (χ3v) is 11.1. The van der Waals surface area contributed by atoms with Crippen LogP contribution in [0.3, 0.4) is 0 Å². The minimum atomic E-state index is -3.74. The summed E-state index contributed by atoms with van der Waals surface area (Å²) in [6.45, 7) is 15.0. The first-order chi connectivity index (χ1) is 23.0. The number of hydrogen-bond donors (Lipinski definition) is 0. The van der Waals surface area contributed by atoms with E-state index < -0.39 is 10.0 Å². The molecule has 0 N–H and O–H groups in total. The molecule has 0 aliphatic rings. The molecule has 2 aromatic carbocycles. The number of pyridine rings is 1. The van der Waals surface area contributed by atoms with Gasteiger partial charge in [0.2, 0.25) is 10.0 Å². The Morgan fingerprint density at radius 2 is 1.27 bits per heavy atom. The van der Waals surface area contributed by atoms with Gasteiger partial charge < -0.3 is 4.74 Å². The van der Waals surface area contributed by atoms with Gasteiger partial charge in [0.05, 0.1) is 11.5 Å². The second kappa shape index (κ2) is 20.7. The fourth-order valence-corrected chi connectivity index (χ4v) is 7.64. The zero-order chi connectivity index (χ0) is 34.8.